The molecule has 0 aromatic heterocycles. The monoisotopic (exact) mass is 412 g/mol. The molecule has 0 aromatic rings. The van der Waals surface area contributed by atoms with Crippen LogP contribution >= 0.6 is 0 Å². The number of carbonyl (C=O) groups is 5. The van der Waals surface area contributed by atoms with Crippen molar-refractivity contribution in [2.24, 2.45) is 0 Å². The molecule has 0 aliphatic heterocycles. The second-order valence-corrected chi connectivity index (χ2v) is 7.06. The van der Waals surface area contributed by atoms with Crippen molar-refractivity contribution in [3.63, 3.8) is 0 Å². The molecule has 0 spiro atoms. The summed E-state index contributed by atoms with van der Waals surface area (Å²) < 4.78 is 0. The molecule has 0 saturated carbocycles. The minimum atomic E-state index is -1.20. The topological polar surface area (TPSA) is 154 Å². The Hall–Kier alpha value is -2.91. The second kappa shape index (κ2) is 13.3. The van der Waals surface area contributed by atoms with Gasteiger partial charge < -0.3 is 26.4 Å². The normalized spacial score (nSPS) is 13.3. The molecule has 0 unspecified atom stereocenters. The highest BCUT2D eigenvalue weighted by molar-refractivity contribution is 5.92. The SMILES string of the molecule is CC(=O)N[C@@H](C)C(=O)N[C@@H](CCCCNC(=O)C=C(C)C)C(=O)N[C@@H](C)C(=O)O. The van der Waals surface area contributed by atoms with Crippen LogP contribution < -0.4 is 21.3 Å². The van der Waals surface area contributed by atoms with Crippen LogP contribution in [0.4, 0.5) is 0 Å². The third-order valence-electron chi connectivity index (χ3n) is 3.81. The average Bonchev–Trinajstić information content (AvgIpc) is 2.58. The Kier molecular flexibility index (Phi) is 12.0. The highest BCUT2D eigenvalue weighted by Crippen LogP contribution is 2.03. The van der Waals surface area contributed by atoms with E-state index in [1.54, 1.807) is 0 Å². The van der Waals surface area contributed by atoms with Crippen molar-refractivity contribution in [1.82, 2.24) is 21.3 Å². The minimum Gasteiger partial charge on any atom is -0.480 e. The maximum Gasteiger partial charge on any atom is 0.325 e. The van der Waals surface area contributed by atoms with Gasteiger partial charge in [0.15, 0.2) is 0 Å². The lowest BCUT2D eigenvalue weighted by Crippen LogP contribution is -2.54. The first-order chi connectivity index (χ1) is 13.4. The number of allylic oxidation sites excluding steroid dienone is 1. The van der Waals surface area contributed by atoms with E-state index < -0.39 is 35.9 Å². The van der Waals surface area contributed by atoms with Gasteiger partial charge in [0.25, 0.3) is 0 Å². The molecule has 29 heavy (non-hydrogen) atoms. The molecule has 4 amide bonds. The van der Waals surface area contributed by atoms with Crippen LogP contribution in [0, 0.1) is 0 Å². The van der Waals surface area contributed by atoms with Crippen LogP contribution in [0.25, 0.3) is 0 Å². The van der Waals surface area contributed by atoms with Crippen molar-refractivity contribution in [3.8, 4) is 0 Å². The van der Waals surface area contributed by atoms with Gasteiger partial charge in [0, 0.05) is 19.5 Å². The molecule has 0 aliphatic rings. The number of hydrogen-bond acceptors (Lipinski definition) is 5. The first-order valence-electron chi connectivity index (χ1n) is 9.47. The Morgan fingerprint density at radius 2 is 1.48 bits per heavy atom. The number of aliphatic carboxylic acids is 1. The third kappa shape index (κ3) is 12.2. The fourth-order valence-corrected chi connectivity index (χ4v) is 2.31. The Bertz CT molecular complexity index is 643. The van der Waals surface area contributed by atoms with Gasteiger partial charge in [-0.05, 0) is 47.0 Å². The molecular weight excluding hydrogens is 380 g/mol. The molecule has 0 fully saturated rings. The van der Waals surface area contributed by atoms with Gasteiger partial charge in [-0.1, -0.05) is 5.57 Å². The number of amides is 4. The number of carboxylic acid groups (broad SMARTS) is 1. The van der Waals surface area contributed by atoms with Crippen LogP contribution in [0.1, 0.15) is 53.9 Å². The lowest BCUT2D eigenvalue weighted by molar-refractivity contribution is -0.141. The van der Waals surface area contributed by atoms with Gasteiger partial charge in [-0.2, -0.15) is 0 Å². The van der Waals surface area contributed by atoms with Gasteiger partial charge in [0.1, 0.15) is 18.1 Å². The van der Waals surface area contributed by atoms with Gasteiger partial charge in [0.2, 0.25) is 23.6 Å². The van der Waals surface area contributed by atoms with E-state index in [0.29, 0.717) is 19.4 Å². The van der Waals surface area contributed by atoms with Crippen LogP contribution in [0.2, 0.25) is 0 Å². The zero-order valence-electron chi connectivity index (χ0n) is 17.6. The number of carbonyl (C=O) groups excluding carboxylic acids is 4. The van der Waals surface area contributed by atoms with Crippen molar-refractivity contribution in [3.05, 3.63) is 11.6 Å². The van der Waals surface area contributed by atoms with E-state index in [9.17, 15) is 24.0 Å². The predicted molar refractivity (Wildman–Crippen MR) is 107 cm³/mol. The van der Waals surface area contributed by atoms with E-state index in [4.69, 9.17) is 5.11 Å². The molecule has 10 nitrogen and oxygen atoms in total. The minimum absolute atomic E-state index is 0.202. The number of rotatable bonds is 12. The molecule has 0 rings (SSSR count). The first kappa shape index (κ1) is 26.1. The van der Waals surface area contributed by atoms with E-state index in [-0.39, 0.29) is 18.2 Å². The standard InChI is InChI=1S/C19H32N4O6/c1-11(2)10-16(25)20-9-7-6-8-15(18(27)22-13(4)19(28)29)23-17(26)12(3)21-14(5)24/h10,12-13,15H,6-9H2,1-5H3,(H,20,25)(H,21,24)(H,22,27)(H,23,26)(H,28,29)/t12-,13-,15-/m0/s1. The number of hydrogen-bond donors (Lipinski definition) is 5. The fourth-order valence-electron chi connectivity index (χ4n) is 2.31. The van der Waals surface area contributed by atoms with Crippen molar-refractivity contribution in [1.29, 1.82) is 0 Å². The van der Waals surface area contributed by atoms with Gasteiger partial charge in [-0.15, -0.1) is 0 Å². The van der Waals surface area contributed by atoms with E-state index in [0.717, 1.165) is 5.57 Å². The van der Waals surface area contributed by atoms with Gasteiger partial charge >= 0.3 is 5.97 Å². The highest BCUT2D eigenvalue weighted by Gasteiger charge is 2.25. The first-order valence-corrected chi connectivity index (χ1v) is 9.47. The van der Waals surface area contributed by atoms with Gasteiger partial charge in [-0.3, -0.25) is 24.0 Å². The van der Waals surface area contributed by atoms with E-state index in [2.05, 4.69) is 21.3 Å². The summed E-state index contributed by atoms with van der Waals surface area (Å²) in [7, 11) is 0. The molecule has 0 heterocycles. The Morgan fingerprint density at radius 1 is 0.862 bits per heavy atom. The molecule has 0 aliphatic carbocycles. The molecule has 164 valence electrons. The molecule has 3 atom stereocenters. The summed E-state index contributed by atoms with van der Waals surface area (Å²) in [5, 5.41) is 18.9. The van der Waals surface area contributed by atoms with Gasteiger partial charge in [0.05, 0.1) is 0 Å². The van der Waals surface area contributed by atoms with Crippen molar-refractivity contribution < 1.29 is 29.1 Å². The van der Waals surface area contributed by atoms with Crippen LogP contribution in [-0.4, -0.2) is 59.4 Å². The quantitative estimate of drug-likeness (QED) is 0.222. The third-order valence-corrected chi connectivity index (χ3v) is 3.81. The number of unbranched alkanes of at least 4 members (excludes halogenated alkanes) is 1. The lowest BCUT2D eigenvalue weighted by atomic mass is 10.1. The van der Waals surface area contributed by atoms with Crippen LogP contribution in [0.5, 0.6) is 0 Å². The highest BCUT2D eigenvalue weighted by atomic mass is 16.4. The van der Waals surface area contributed by atoms with Crippen LogP contribution in [0.3, 0.4) is 0 Å². The van der Waals surface area contributed by atoms with Crippen LogP contribution in [0.15, 0.2) is 11.6 Å². The Balaban J connectivity index is 4.78. The predicted octanol–water partition coefficient (Wildman–Crippen LogP) is -0.162. The molecule has 5 N–H and O–H groups in total. The Labute approximate surface area is 170 Å². The van der Waals surface area contributed by atoms with Crippen molar-refractivity contribution in [2.45, 2.75) is 72.0 Å². The van der Waals surface area contributed by atoms with Gasteiger partial charge in [-0.25, -0.2) is 0 Å². The summed E-state index contributed by atoms with van der Waals surface area (Å²) in [6, 6.07) is -2.92. The maximum absolute atomic E-state index is 12.4. The molecular formula is C19H32N4O6. The number of carboxylic acids is 1. The zero-order valence-corrected chi connectivity index (χ0v) is 17.6. The smallest absolute Gasteiger partial charge is 0.325 e. The zero-order chi connectivity index (χ0) is 22.6. The summed E-state index contributed by atoms with van der Waals surface area (Å²) in [6.45, 7) is 8.09. The fraction of sp³-hybridized carbons (Fsp3) is 0.632. The summed E-state index contributed by atoms with van der Waals surface area (Å²) in [6.07, 6.45) is 2.80. The molecule has 0 aromatic carbocycles. The Morgan fingerprint density at radius 3 is 2.00 bits per heavy atom. The molecule has 0 bridgehead atoms. The van der Waals surface area contributed by atoms with E-state index in [1.165, 1.54) is 26.8 Å². The largest absolute Gasteiger partial charge is 0.480 e. The molecule has 0 saturated heterocycles. The molecule has 10 heteroatoms. The van der Waals surface area contributed by atoms with E-state index in [1.807, 2.05) is 13.8 Å². The second-order valence-electron chi connectivity index (χ2n) is 7.06. The number of nitrogens with one attached hydrogen (secondary N) is 4. The average molecular weight is 412 g/mol. The summed E-state index contributed by atoms with van der Waals surface area (Å²) in [5.74, 6) is -2.97. The lowest BCUT2D eigenvalue weighted by Gasteiger charge is -2.22. The van der Waals surface area contributed by atoms with Crippen molar-refractivity contribution in [2.75, 3.05) is 6.54 Å². The summed E-state index contributed by atoms with van der Waals surface area (Å²) in [4.78, 5) is 58.2. The summed E-state index contributed by atoms with van der Waals surface area (Å²) in [5.41, 5.74) is 0.878. The van der Waals surface area contributed by atoms with Crippen molar-refractivity contribution >= 4 is 29.6 Å². The summed E-state index contributed by atoms with van der Waals surface area (Å²) >= 11 is 0. The van der Waals surface area contributed by atoms with E-state index >= 15 is 0 Å². The maximum atomic E-state index is 12.4. The molecule has 0 radical (unpaired) electrons. The van der Waals surface area contributed by atoms with Crippen LogP contribution in [-0.2, 0) is 24.0 Å².